The number of piperazine rings is 1. The first-order chi connectivity index (χ1) is 18.8. The lowest BCUT2D eigenvalue weighted by Crippen LogP contribution is -2.54. The van der Waals surface area contributed by atoms with Crippen molar-refractivity contribution in [2.75, 3.05) is 25.0 Å². The van der Waals surface area contributed by atoms with Crippen molar-refractivity contribution in [2.24, 2.45) is 23.5 Å². The Hall–Kier alpha value is -4.16. The van der Waals surface area contributed by atoms with E-state index in [1.165, 1.54) is 6.20 Å². The summed E-state index contributed by atoms with van der Waals surface area (Å²) in [5.74, 6) is -0.0455. The number of ether oxygens (including phenoxy) is 1. The average Bonchev–Trinajstić information content (AvgIpc) is 3.65. The number of fused-ring (bicyclic) bond motifs is 3. The summed E-state index contributed by atoms with van der Waals surface area (Å²) in [6.07, 6.45) is 4.41. The molecule has 1 aliphatic heterocycles. The van der Waals surface area contributed by atoms with Crippen LogP contribution in [0.5, 0.6) is 0 Å². The highest BCUT2D eigenvalue weighted by molar-refractivity contribution is 6.34. The third-order valence-electron chi connectivity index (χ3n) is 7.65. The molecule has 1 saturated heterocycles. The largest absolute Gasteiger partial charge is 0.507 e. The number of halogens is 1. The quantitative estimate of drug-likeness (QED) is 0.227. The SMILES string of the molecule is NC(=O)[C@@H]1[C@H](Nc2c(Cl)cnc3nc(-c4ccc(C(=O)N5CCNC(OC(=O)O)C5)cc4)[nH]c23)[C@H]2C=C[C@@H]1C2. The summed E-state index contributed by atoms with van der Waals surface area (Å²) >= 11 is 6.54. The van der Waals surface area contributed by atoms with E-state index in [-0.39, 0.29) is 42.2 Å². The minimum atomic E-state index is -1.40. The van der Waals surface area contributed by atoms with Crippen LogP contribution in [0.2, 0.25) is 5.02 Å². The minimum Gasteiger partial charge on any atom is -0.450 e. The number of carbonyl (C=O) groups excluding carboxylic acids is 2. The predicted molar refractivity (Wildman–Crippen MR) is 142 cm³/mol. The summed E-state index contributed by atoms with van der Waals surface area (Å²) in [6.45, 7) is 0.972. The number of aromatic amines is 1. The maximum absolute atomic E-state index is 13.0. The molecule has 0 radical (unpaired) electrons. The highest BCUT2D eigenvalue weighted by atomic mass is 35.5. The van der Waals surface area contributed by atoms with Gasteiger partial charge in [0.1, 0.15) is 11.3 Å². The molecule has 2 aliphatic carbocycles. The summed E-state index contributed by atoms with van der Waals surface area (Å²) in [5.41, 5.74) is 8.59. The molecule has 2 amide bonds. The van der Waals surface area contributed by atoms with Crippen LogP contribution in [0.3, 0.4) is 0 Å². The van der Waals surface area contributed by atoms with E-state index in [1.54, 1.807) is 29.2 Å². The molecule has 0 spiro atoms. The number of primary amides is 1. The van der Waals surface area contributed by atoms with E-state index in [0.29, 0.717) is 46.4 Å². The summed E-state index contributed by atoms with van der Waals surface area (Å²) in [5, 5.41) is 15.6. The second kappa shape index (κ2) is 9.86. The number of carboxylic acid groups (broad SMARTS) is 1. The normalized spacial score (nSPS) is 25.7. The number of imidazole rings is 1. The first kappa shape index (κ1) is 25.1. The van der Waals surface area contributed by atoms with Gasteiger partial charge in [0.15, 0.2) is 11.9 Å². The molecule has 2 bridgehead atoms. The number of hydrogen-bond donors (Lipinski definition) is 5. The van der Waals surface area contributed by atoms with Crippen LogP contribution in [0, 0.1) is 17.8 Å². The van der Waals surface area contributed by atoms with Crippen LogP contribution >= 0.6 is 11.6 Å². The Balaban J connectivity index is 1.23. The molecule has 6 N–H and O–H groups in total. The number of allylic oxidation sites excluding steroid dienone is 1. The molecule has 1 saturated carbocycles. The monoisotopic (exact) mass is 551 g/mol. The van der Waals surface area contributed by atoms with E-state index in [1.807, 2.05) is 0 Å². The first-order valence-electron chi connectivity index (χ1n) is 12.6. The maximum atomic E-state index is 13.0. The average molecular weight is 552 g/mol. The molecule has 3 heterocycles. The van der Waals surface area contributed by atoms with E-state index < -0.39 is 12.4 Å². The predicted octanol–water partition coefficient (Wildman–Crippen LogP) is 2.43. The zero-order valence-electron chi connectivity index (χ0n) is 20.6. The molecule has 2 aromatic heterocycles. The number of carbonyl (C=O) groups is 3. The van der Waals surface area contributed by atoms with Gasteiger partial charge in [-0.15, -0.1) is 0 Å². The third-order valence-corrected chi connectivity index (χ3v) is 7.93. The number of pyridine rings is 1. The van der Waals surface area contributed by atoms with Crippen molar-refractivity contribution in [1.82, 2.24) is 25.2 Å². The minimum absolute atomic E-state index is 0.119. The van der Waals surface area contributed by atoms with Crippen molar-refractivity contribution in [3.8, 4) is 11.4 Å². The fraction of sp³-hybridized carbons (Fsp3) is 0.346. The number of hydrogen-bond acceptors (Lipinski definition) is 8. The molecule has 6 rings (SSSR count). The second-order valence-corrected chi connectivity index (χ2v) is 10.4. The number of H-pyrrole nitrogens is 1. The molecule has 39 heavy (non-hydrogen) atoms. The van der Waals surface area contributed by atoms with Crippen LogP contribution < -0.4 is 16.4 Å². The van der Waals surface area contributed by atoms with Gasteiger partial charge in [-0.05, 0) is 30.4 Å². The molecule has 1 aromatic carbocycles. The molecular formula is C26H26ClN7O5. The van der Waals surface area contributed by atoms with Crippen LogP contribution in [-0.4, -0.2) is 74.8 Å². The molecule has 3 aliphatic rings. The maximum Gasteiger partial charge on any atom is 0.507 e. The third kappa shape index (κ3) is 4.66. The first-order valence-corrected chi connectivity index (χ1v) is 13.0. The van der Waals surface area contributed by atoms with Crippen molar-refractivity contribution in [3.05, 3.63) is 53.2 Å². The Morgan fingerprint density at radius 3 is 2.69 bits per heavy atom. The van der Waals surface area contributed by atoms with Gasteiger partial charge >= 0.3 is 6.16 Å². The number of aromatic nitrogens is 3. The van der Waals surface area contributed by atoms with Gasteiger partial charge in [-0.2, -0.15) is 0 Å². The van der Waals surface area contributed by atoms with Crippen molar-refractivity contribution in [1.29, 1.82) is 0 Å². The van der Waals surface area contributed by atoms with Gasteiger partial charge < -0.3 is 30.8 Å². The van der Waals surface area contributed by atoms with Crippen LogP contribution in [0.1, 0.15) is 16.8 Å². The van der Waals surface area contributed by atoms with Gasteiger partial charge in [0, 0.05) is 30.3 Å². The lowest BCUT2D eigenvalue weighted by molar-refractivity contribution is -0.122. The Morgan fingerprint density at radius 2 is 1.95 bits per heavy atom. The van der Waals surface area contributed by atoms with Gasteiger partial charge in [0.25, 0.3) is 5.91 Å². The molecule has 3 aromatic rings. The van der Waals surface area contributed by atoms with Crippen molar-refractivity contribution < 1.29 is 24.2 Å². The van der Waals surface area contributed by atoms with Gasteiger partial charge in [-0.3, -0.25) is 14.9 Å². The van der Waals surface area contributed by atoms with E-state index >= 15 is 0 Å². The van der Waals surface area contributed by atoms with E-state index in [4.69, 9.17) is 27.2 Å². The van der Waals surface area contributed by atoms with Crippen LogP contribution in [0.15, 0.2) is 42.6 Å². The fourth-order valence-corrected chi connectivity index (χ4v) is 6.04. The number of nitrogens with one attached hydrogen (secondary N) is 3. The summed E-state index contributed by atoms with van der Waals surface area (Å²) in [6, 6.07) is 6.76. The molecule has 12 nitrogen and oxygen atoms in total. The van der Waals surface area contributed by atoms with E-state index in [2.05, 4.69) is 37.7 Å². The summed E-state index contributed by atoms with van der Waals surface area (Å²) in [7, 11) is 0. The fourth-order valence-electron chi connectivity index (χ4n) is 5.84. The Labute approximate surface area is 227 Å². The zero-order chi connectivity index (χ0) is 27.3. The van der Waals surface area contributed by atoms with Crippen LogP contribution in [0.25, 0.3) is 22.6 Å². The standard InChI is InChI=1S/C26H26ClN7O5/c27-16-10-30-24-21(20(16)31-19-15-6-5-14(9-15)18(19)22(28)35)32-23(33-24)12-1-3-13(4-2-12)25(36)34-8-7-29-17(11-34)39-26(37)38/h1-6,10,14-15,17-19,29H,7-9,11H2,(H2,28,35)(H,37,38)(H2,30,31,32,33)/t14-,15+,17?,18+,19-/m1/s1. The number of nitrogens with two attached hydrogens (primary N) is 1. The smallest absolute Gasteiger partial charge is 0.450 e. The van der Waals surface area contributed by atoms with Gasteiger partial charge in [-0.1, -0.05) is 35.9 Å². The van der Waals surface area contributed by atoms with Gasteiger partial charge in [0.05, 0.1) is 29.4 Å². The molecule has 2 fully saturated rings. The number of anilines is 1. The Bertz CT molecular complexity index is 1490. The van der Waals surface area contributed by atoms with Crippen LogP contribution in [0.4, 0.5) is 10.5 Å². The number of amides is 2. The lowest BCUT2D eigenvalue weighted by atomic mass is 9.88. The number of benzene rings is 1. The molecular weight excluding hydrogens is 526 g/mol. The van der Waals surface area contributed by atoms with E-state index in [0.717, 1.165) is 12.0 Å². The van der Waals surface area contributed by atoms with Crippen molar-refractivity contribution >= 4 is 46.4 Å². The molecule has 1 unspecified atom stereocenters. The van der Waals surface area contributed by atoms with Crippen molar-refractivity contribution in [3.63, 3.8) is 0 Å². The Morgan fingerprint density at radius 1 is 1.18 bits per heavy atom. The second-order valence-electron chi connectivity index (χ2n) is 9.97. The van der Waals surface area contributed by atoms with Crippen LogP contribution in [-0.2, 0) is 9.53 Å². The molecule has 13 heteroatoms. The summed E-state index contributed by atoms with van der Waals surface area (Å²) < 4.78 is 4.76. The van der Waals surface area contributed by atoms with E-state index in [9.17, 15) is 14.4 Å². The zero-order valence-corrected chi connectivity index (χ0v) is 21.4. The van der Waals surface area contributed by atoms with Gasteiger partial charge in [0.2, 0.25) is 5.91 Å². The number of nitrogens with zero attached hydrogens (tertiary/aromatic N) is 3. The van der Waals surface area contributed by atoms with Gasteiger partial charge in [-0.25, -0.2) is 14.8 Å². The highest BCUT2D eigenvalue weighted by Gasteiger charge is 2.47. The number of rotatable bonds is 6. The molecule has 5 atom stereocenters. The Kier molecular flexibility index (Phi) is 6.35. The topological polar surface area (TPSA) is 176 Å². The highest BCUT2D eigenvalue weighted by Crippen LogP contribution is 2.46. The summed E-state index contributed by atoms with van der Waals surface area (Å²) in [4.78, 5) is 49.8. The molecule has 202 valence electrons. The van der Waals surface area contributed by atoms with Crippen molar-refractivity contribution in [2.45, 2.75) is 18.7 Å². The lowest BCUT2D eigenvalue weighted by Gasteiger charge is -2.32.